The van der Waals surface area contributed by atoms with Crippen molar-refractivity contribution in [3.05, 3.63) is 89.3 Å². The Morgan fingerprint density at radius 3 is 2.71 bits per heavy atom. The van der Waals surface area contributed by atoms with Crippen LogP contribution in [0.15, 0.2) is 73.7 Å². The lowest BCUT2D eigenvalue weighted by Gasteiger charge is -2.30. The largest absolute Gasteiger partial charge is 0.491 e. The first-order valence-electron chi connectivity index (χ1n) is 11.5. The number of hydrogen-bond acceptors (Lipinski definition) is 5. The average Bonchev–Trinajstić information content (AvgIpc) is 3.61. The van der Waals surface area contributed by atoms with E-state index in [1.165, 1.54) is 0 Å². The Morgan fingerprint density at radius 1 is 1.11 bits per heavy atom. The van der Waals surface area contributed by atoms with Crippen molar-refractivity contribution in [3.8, 4) is 17.0 Å². The van der Waals surface area contributed by atoms with Gasteiger partial charge in [0.1, 0.15) is 18.5 Å². The van der Waals surface area contributed by atoms with Crippen LogP contribution in [0, 0.1) is 0 Å². The normalized spacial score (nSPS) is 19.8. The third-order valence-electron chi connectivity index (χ3n) is 5.91. The monoisotopic (exact) mass is 512 g/mol. The topological polar surface area (TPSA) is 63.3 Å². The molecule has 1 aliphatic heterocycles. The molecular formula is C26H26Cl2N4O3. The lowest BCUT2D eigenvalue weighted by atomic mass is 10.1. The standard InChI is InChI=1S/C26H26Cl2N4O3/c1-2-10-32-18-30-13-25(32)19-3-6-21(7-4-19)33-14-22-15-34-26(35-22,16-31-11-9-29-17-31)23-8-5-20(27)12-24(23)28/h3-9,11-13,17-18,22H,2,10,14-16H2,1H3. The molecule has 2 unspecified atom stereocenters. The van der Waals surface area contributed by atoms with Gasteiger partial charge in [0.05, 0.1) is 42.7 Å². The fourth-order valence-corrected chi connectivity index (χ4v) is 4.82. The summed E-state index contributed by atoms with van der Waals surface area (Å²) in [6.07, 6.45) is 9.81. The van der Waals surface area contributed by atoms with Crippen molar-refractivity contribution in [2.75, 3.05) is 13.2 Å². The van der Waals surface area contributed by atoms with Crippen molar-refractivity contribution in [3.63, 3.8) is 0 Å². The molecule has 2 aromatic carbocycles. The number of halogens is 2. The van der Waals surface area contributed by atoms with Crippen LogP contribution in [0.5, 0.6) is 5.75 Å². The number of rotatable bonds is 9. The van der Waals surface area contributed by atoms with Gasteiger partial charge in [-0.3, -0.25) is 0 Å². The fourth-order valence-electron chi connectivity index (χ4n) is 4.27. The van der Waals surface area contributed by atoms with Crippen molar-refractivity contribution >= 4 is 23.2 Å². The van der Waals surface area contributed by atoms with E-state index in [2.05, 4.69) is 21.5 Å². The van der Waals surface area contributed by atoms with E-state index in [1.54, 1.807) is 24.7 Å². The van der Waals surface area contributed by atoms with Crippen molar-refractivity contribution in [1.29, 1.82) is 0 Å². The summed E-state index contributed by atoms with van der Waals surface area (Å²) in [4.78, 5) is 8.41. The number of aromatic nitrogens is 4. The van der Waals surface area contributed by atoms with Gasteiger partial charge in [-0.1, -0.05) is 36.2 Å². The summed E-state index contributed by atoms with van der Waals surface area (Å²) in [5.74, 6) is -0.312. The highest BCUT2D eigenvalue weighted by Crippen LogP contribution is 2.40. The highest BCUT2D eigenvalue weighted by atomic mass is 35.5. The van der Waals surface area contributed by atoms with Gasteiger partial charge in [-0.05, 0) is 42.8 Å². The number of benzene rings is 2. The van der Waals surface area contributed by atoms with Gasteiger partial charge in [0.15, 0.2) is 0 Å². The fraction of sp³-hybridized carbons (Fsp3) is 0.308. The minimum absolute atomic E-state index is 0.282. The Morgan fingerprint density at radius 2 is 1.97 bits per heavy atom. The molecule has 0 radical (unpaired) electrons. The van der Waals surface area contributed by atoms with Crippen LogP contribution in [0.25, 0.3) is 11.3 Å². The third-order valence-corrected chi connectivity index (χ3v) is 6.46. The van der Waals surface area contributed by atoms with Gasteiger partial charge in [0, 0.05) is 35.1 Å². The Kier molecular flexibility index (Phi) is 7.11. The van der Waals surface area contributed by atoms with E-state index in [4.69, 9.17) is 37.4 Å². The highest BCUT2D eigenvalue weighted by Gasteiger charge is 2.45. The first-order chi connectivity index (χ1) is 17.1. The Bertz CT molecular complexity index is 1260. The molecular weight excluding hydrogens is 487 g/mol. The summed E-state index contributed by atoms with van der Waals surface area (Å²) >= 11 is 12.7. The summed E-state index contributed by atoms with van der Waals surface area (Å²) < 4.78 is 22.8. The SMILES string of the molecule is CCCn1cncc1-c1ccc(OCC2COC(Cn3ccnc3)(c3ccc(Cl)cc3Cl)O2)cc1. The molecule has 1 aliphatic rings. The van der Waals surface area contributed by atoms with Crippen molar-refractivity contribution in [2.24, 2.45) is 0 Å². The molecule has 0 spiro atoms. The molecule has 0 amide bonds. The maximum Gasteiger partial charge on any atom is 0.215 e. The van der Waals surface area contributed by atoms with E-state index < -0.39 is 5.79 Å². The Hall–Kier alpha value is -2.84. The second-order valence-corrected chi connectivity index (χ2v) is 9.31. The van der Waals surface area contributed by atoms with Gasteiger partial charge < -0.3 is 23.3 Å². The van der Waals surface area contributed by atoms with Gasteiger partial charge in [-0.2, -0.15) is 0 Å². The molecule has 2 atom stereocenters. The maximum absolute atomic E-state index is 6.54. The van der Waals surface area contributed by atoms with Crippen molar-refractivity contribution in [2.45, 2.75) is 38.3 Å². The first-order valence-corrected chi connectivity index (χ1v) is 12.3. The molecule has 1 fully saturated rings. The summed E-state index contributed by atoms with van der Waals surface area (Å²) in [6, 6.07) is 13.3. The minimum atomic E-state index is -1.07. The third kappa shape index (κ3) is 5.23. The Balaban J connectivity index is 1.28. The first kappa shape index (κ1) is 23.9. The van der Waals surface area contributed by atoms with Crippen LogP contribution in [0.2, 0.25) is 10.0 Å². The molecule has 1 saturated heterocycles. The van der Waals surface area contributed by atoms with Gasteiger partial charge in [0.2, 0.25) is 5.79 Å². The summed E-state index contributed by atoms with van der Waals surface area (Å²) in [6.45, 7) is 4.18. The van der Waals surface area contributed by atoms with Crippen LogP contribution in [0.1, 0.15) is 18.9 Å². The van der Waals surface area contributed by atoms with Gasteiger partial charge >= 0.3 is 0 Å². The van der Waals surface area contributed by atoms with Gasteiger partial charge in [0.25, 0.3) is 0 Å². The van der Waals surface area contributed by atoms with E-state index in [1.807, 2.05) is 53.6 Å². The molecule has 5 rings (SSSR count). The van der Waals surface area contributed by atoms with E-state index in [0.29, 0.717) is 35.4 Å². The lowest BCUT2D eigenvalue weighted by molar-refractivity contribution is -0.189. The zero-order valence-electron chi connectivity index (χ0n) is 19.3. The molecule has 9 heteroatoms. The van der Waals surface area contributed by atoms with E-state index in [-0.39, 0.29) is 6.10 Å². The zero-order chi connectivity index (χ0) is 24.3. The van der Waals surface area contributed by atoms with Crippen LogP contribution in [-0.2, 0) is 28.4 Å². The molecule has 2 aromatic heterocycles. The summed E-state index contributed by atoms with van der Waals surface area (Å²) in [7, 11) is 0. The quantitative estimate of drug-likeness (QED) is 0.283. The maximum atomic E-state index is 6.54. The predicted octanol–water partition coefficient (Wildman–Crippen LogP) is 5.81. The molecule has 7 nitrogen and oxygen atoms in total. The average molecular weight is 513 g/mol. The summed E-state index contributed by atoms with van der Waals surface area (Å²) in [5, 5.41) is 1.03. The molecule has 0 bridgehead atoms. The number of ether oxygens (including phenoxy) is 3. The molecule has 0 aliphatic carbocycles. The minimum Gasteiger partial charge on any atom is -0.491 e. The molecule has 182 valence electrons. The van der Waals surface area contributed by atoms with E-state index in [9.17, 15) is 0 Å². The van der Waals surface area contributed by atoms with Gasteiger partial charge in [-0.15, -0.1) is 0 Å². The van der Waals surface area contributed by atoms with E-state index >= 15 is 0 Å². The number of hydrogen-bond donors (Lipinski definition) is 0. The molecule has 4 aromatic rings. The smallest absolute Gasteiger partial charge is 0.215 e. The van der Waals surface area contributed by atoms with Crippen LogP contribution >= 0.6 is 23.2 Å². The Labute approximate surface area is 214 Å². The van der Waals surface area contributed by atoms with Gasteiger partial charge in [-0.25, -0.2) is 9.97 Å². The summed E-state index contributed by atoms with van der Waals surface area (Å²) in [5.41, 5.74) is 2.91. The predicted molar refractivity (Wildman–Crippen MR) is 135 cm³/mol. The lowest BCUT2D eigenvalue weighted by Crippen LogP contribution is -2.34. The van der Waals surface area contributed by atoms with Crippen molar-refractivity contribution < 1.29 is 14.2 Å². The van der Waals surface area contributed by atoms with Crippen LogP contribution < -0.4 is 4.74 Å². The zero-order valence-corrected chi connectivity index (χ0v) is 20.8. The molecule has 35 heavy (non-hydrogen) atoms. The van der Waals surface area contributed by atoms with Crippen LogP contribution in [-0.4, -0.2) is 38.4 Å². The number of imidazole rings is 2. The van der Waals surface area contributed by atoms with Crippen molar-refractivity contribution in [1.82, 2.24) is 19.1 Å². The van der Waals surface area contributed by atoms with E-state index in [0.717, 1.165) is 30.0 Å². The number of aryl methyl sites for hydroxylation is 1. The highest BCUT2D eigenvalue weighted by molar-refractivity contribution is 6.35. The molecule has 3 heterocycles. The van der Waals surface area contributed by atoms with Crippen LogP contribution in [0.3, 0.4) is 0 Å². The number of nitrogens with zero attached hydrogens (tertiary/aromatic N) is 4. The molecule has 0 saturated carbocycles. The molecule has 0 N–H and O–H groups in total. The van der Waals surface area contributed by atoms with Crippen LogP contribution in [0.4, 0.5) is 0 Å². The second-order valence-electron chi connectivity index (χ2n) is 8.47. The second kappa shape index (κ2) is 10.4.